The van der Waals surface area contributed by atoms with E-state index in [2.05, 4.69) is 25.7 Å². The van der Waals surface area contributed by atoms with Crippen molar-refractivity contribution in [3.63, 3.8) is 0 Å². The molecule has 2 N–H and O–H groups in total. The standard InChI is InChI=1S/C21H24F3N7O3/c1-11-16-18(30(3)17(12(2)33-4)19(32)28-16)29-20(27-11)25-7-13-8-26-31(9-13)10-14-5-6-15(34-14)21(22,23)24/h5-6,8-9,12,17H,7,10H2,1-4H3,(H,28,32)(H,25,27,29)/t12-,17+/m1/s1. The number of aromatic nitrogens is 4. The summed E-state index contributed by atoms with van der Waals surface area (Å²) in [6.45, 7) is 3.98. The first kappa shape index (κ1) is 23.5. The van der Waals surface area contributed by atoms with Crippen molar-refractivity contribution < 1.29 is 27.1 Å². The van der Waals surface area contributed by atoms with Gasteiger partial charge in [0.2, 0.25) is 17.6 Å². The van der Waals surface area contributed by atoms with E-state index in [1.165, 1.54) is 10.7 Å². The van der Waals surface area contributed by atoms with Gasteiger partial charge in [-0.25, -0.2) is 4.98 Å². The number of hydrogen-bond acceptors (Lipinski definition) is 8. The average Bonchev–Trinajstić information content (AvgIpc) is 3.43. The monoisotopic (exact) mass is 479 g/mol. The number of carbonyl (C=O) groups is 1. The second kappa shape index (κ2) is 8.97. The van der Waals surface area contributed by atoms with Gasteiger partial charge >= 0.3 is 6.18 Å². The fourth-order valence-electron chi connectivity index (χ4n) is 3.74. The minimum Gasteiger partial charge on any atom is -0.455 e. The number of fused-ring (bicyclic) bond motifs is 1. The van der Waals surface area contributed by atoms with Gasteiger partial charge in [-0.05, 0) is 26.0 Å². The van der Waals surface area contributed by atoms with E-state index in [1.807, 2.05) is 6.92 Å². The molecule has 0 unspecified atom stereocenters. The molecular formula is C21H24F3N7O3. The molecular weight excluding hydrogens is 455 g/mol. The van der Waals surface area contributed by atoms with Crippen LogP contribution in [0.1, 0.15) is 29.7 Å². The summed E-state index contributed by atoms with van der Waals surface area (Å²) in [5.41, 5.74) is 1.92. The fraction of sp³-hybridized carbons (Fsp3) is 0.429. The van der Waals surface area contributed by atoms with Crippen LogP contribution in [0.25, 0.3) is 0 Å². The van der Waals surface area contributed by atoms with Crippen molar-refractivity contribution >= 4 is 23.4 Å². The summed E-state index contributed by atoms with van der Waals surface area (Å²) in [4.78, 5) is 23.3. The summed E-state index contributed by atoms with van der Waals surface area (Å²) in [7, 11) is 3.32. The summed E-state index contributed by atoms with van der Waals surface area (Å²) in [5.74, 6) is -0.162. The molecule has 3 aromatic rings. The number of rotatable bonds is 7. The van der Waals surface area contributed by atoms with Gasteiger partial charge in [-0.3, -0.25) is 9.48 Å². The normalized spacial score (nSPS) is 16.9. The van der Waals surface area contributed by atoms with E-state index in [1.54, 1.807) is 38.4 Å². The number of furan rings is 1. The molecule has 4 rings (SSSR count). The lowest BCUT2D eigenvalue weighted by Gasteiger charge is -2.37. The molecule has 0 fully saturated rings. The number of carbonyl (C=O) groups excluding carboxylic acids is 1. The molecule has 13 heteroatoms. The van der Waals surface area contributed by atoms with Crippen LogP contribution in [-0.4, -0.2) is 52.0 Å². The molecule has 0 spiro atoms. The predicted molar refractivity (Wildman–Crippen MR) is 116 cm³/mol. The lowest BCUT2D eigenvalue weighted by atomic mass is 10.1. The number of methoxy groups -OCH3 is 1. The third kappa shape index (κ3) is 4.69. The van der Waals surface area contributed by atoms with Gasteiger partial charge in [0.1, 0.15) is 17.5 Å². The minimum atomic E-state index is -4.52. The Balaban J connectivity index is 1.44. The second-order valence-corrected chi connectivity index (χ2v) is 7.98. The number of hydrogen-bond donors (Lipinski definition) is 2. The highest BCUT2D eigenvalue weighted by molar-refractivity contribution is 6.03. The first-order valence-electron chi connectivity index (χ1n) is 10.4. The Morgan fingerprint density at radius 3 is 2.76 bits per heavy atom. The maximum atomic E-state index is 12.7. The van der Waals surface area contributed by atoms with Crippen LogP contribution in [0.2, 0.25) is 0 Å². The highest BCUT2D eigenvalue weighted by Crippen LogP contribution is 2.33. The molecule has 0 saturated heterocycles. The smallest absolute Gasteiger partial charge is 0.449 e. The number of likely N-dealkylation sites (N-methyl/N-ethyl adjacent to an activating group) is 1. The summed E-state index contributed by atoms with van der Waals surface area (Å²) in [5, 5.41) is 10.1. The molecule has 0 saturated carbocycles. The number of amides is 1. The molecule has 1 aliphatic heterocycles. The van der Waals surface area contributed by atoms with Crippen LogP contribution >= 0.6 is 0 Å². The molecule has 10 nitrogen and oxygen atoms in total. The van der Waals surface area contributed by atoms with E-state index in [9.17, 15) is 18.0 Å². The fourth-order valence-corrected chi connectivity index (χ4v) is 3.74. The molecule has 3 aromatic heterocycles. The molecule has 1 amide bonds. The van der Waals surface area contributed by atoms with Gasteiger partial charge in [0.15, 0.2) is 5.82 Å². The van der Waals surface area contributed by atoms with Crippen molar-refractivity contribution in [1.82, 2.24) is 19.7 Å². The van der Waals surface area contributed by atoms with Crippen molar-refractivity contribution in [1.29, 1.82) is 0 Å². The van der Waals surface area contributed by atoms with E-state index in [0.717, 1.165) is 11.6 Å². The lowest BCUT2D eigenvalue weighted by Crippen LogP contribution is -2.53. The molecule has 0 bridgehead atoms. The van der Waals surface area contributed by atoms with Crippen LogP contribution in [-0.2, 0) is 28.8 Å². The highest BCUT2D eigenvalue weighted by atomic mass is 19.4. The summed E-state index contributed by atoms with van der Waals surface area (Å²) < 4.78 is 49.8. The Labute approximate surface area is 193 Å². The molecule has 1 aliphatic rings. The molecule has 0 aromatic carbocycles. The minimum absolute atomic E-state index is 0.0636. The zero-order chi connectivity index (χ0) is 24.6. The molecule has 182 valence electrons. The van der Waals surface area contributed by atoms with Crippen LogP contribution < -0.4 is 15.5 Å². The van der Waals surface area contributed by atoms with E-state index < -0.39 is 18.0 Å². The second-order valence-electron chi connectivity index (χ2n) is 7.98. The van der Waals surface area contributed by atoms with Gasteiger partial charge in [0.25, 0.3) is 0 Å². The van der Waals surface area contributed by atoms with E-state index in [4.69, 9.17) is 9.15 Å². The van der Waals surface area contributed by atoms with E-state index in [0.29, 0.717) is 29.7 Å². The number of aryl methyl sites for hydroxylation is 1. The van der Waals surface area contributed by atoms with Gasteiger partial charge in [0.05, 0.1) is 24.5 Å². The van der Waals surface area contributed by atoms with Crippen LogP contribution in [0, 0.1) is 6.92 Å². The first-order valence-corrected chi connectivity index (χ1v) is 10.4. The Morgan fingerprint density at radius 2 is 2.09 bits per heavy atom. The van der Waals surface area contributed by atoms with Crippen LogP contribution in [0.4, 0.5) is 30.6 Å². The Morgan fingerprint density at radius 1 is 1.32 bits per heavy atom. The lowest BCUT2D eigenvalue weighted by molar-refractivity contribution is -0.153. The van der Waals surface area contributed by atoms with Crippen molar-refractivity contribution in [2.75, 3.05) is 29.7 Å². The molecule has 2 atom stereocenters. The van der Waals surface area contributed by atoms with E-state index >= 15 is 0 Å². The summed E-state index contributed by atoms with van der Waals surface area (Å²) in [6, 6.07) is 1.63. The number of halogens is 3. The molecule has 0 radical (unpaired) electrons. The van der Waals surface area contributed by atoms with Gasteiger partial charge in [-0.2, -0.15) is 23.3 Å². The Hall–Kier alpha value is -3.61. The highest BCUT2D eigenvalue weighted by Gasteiger charge is 2.37. The summed E-state index contributed by atoms with van der Waals surface area (Å²) in [6.07, 6.45) is -1.59. The van der Waals surface area contributed by atoms with Crippen LogP contribution in [0.5, 0.6) is 0 Å². The van der Waals surface area contributed by atoms with Crippen molar-refractivity contribution in [2.24, 2.45) is 0 Å². The number of alkyl halides is 3. The zero-order valence-corrected chi connectivity index (χ0v) is 19.0. The topological polar surface area (TPSA) is 110 Å². The first-order chi connectivity index (χ1) is 16.1. The van der Waals surface area contributed by atoms with Gasteiger partial charge in [-0.1, -0.05) is 0 Å². The molecule has 0 aliphatic carbocycles. The quantitative estimate of drug-likeness (QED) is 0.532. The Bertz CT molecular complexity index is 1190. The zero-order valence-electron chi connectivity index (χ0n) is 19.0. The summed E-state index contributed by atoms with van der Waals surface area (Å²) >= 11 is 0. The van der Waals surface area contributed by atoms with Gasteiger partial charge in [-0.15, -0.1) is 0 Å². The molecule has 34 heavy (non-hydrogen) atoms. The van der Waals surface area contributed by atoms with Crippen molar-refractivity contribution in [3.8, 4) is 0 Å². The average molecular weight is 479 g/mol. The van der Waals surface area contributed by atoms with Gasteiger partial charge < -0.3 is 24.7 Å². The molecule has 4 heterocycles. The van der Waals surface area contributed by atoms with Crippen molar-refractivity contribution in [3.05, 3.63) is 47.3 Å². The largest absolute Gasteiger partial charge is 0.455 e. The Kier molecular flexibility index (Phi) is 6.21. The number of anilines is 3. The third-order valence-corrected chi connectivity index (χ3v) is 5.55. The number of nitrogens with zero attached hydrogens (tertiary/aromatic N) is 5. The number of ether oxygens (including phenoxy) is 1. The van der Waals surface area contributed by atoms with Crippen molar-refractivity contribution in [2.45, 2.75) is 45.3 Å². The maximum Gasteiger partial charge on any atom is 0.449 e. The third-order valence-electron chi connectivity index (χ3n) is 5.55. The van der Waals surface area contributed by atoms with Crippen LogP contribution in [0.3, 0.4) is 0 Å². The van der Waals surface area contributed by atoms with Gasteiger partial charge in [0, 0.05) is 32.5 Å². The SMILES string of the molecule is CO[C@H](C)[C@H]1C(=O)Nc2c(C)nc(NCc3cnn(Cc4ccc(C(F)(F)F)o4)c3)nc2N1C. The number of nitrogens with one attached hydrogen (secondary N) is 2. The van der Waals surface area contributed by atoms with Crippen LogP contribution in [0.15, 0.2) is 28.9 Å². The maximum absolute atomic E-state index is 12.7. The van der Waals surface area contributed by atoms with E-state index in [-0.39, 0.29) is 24.3 Å². The predicted octanol–water partition coefficient (Wildman–Crippen LogP) is 3.05.